The summed E-state index contributed by atoms with van der Waals surface area (Å²) in [6.45, 7) is 2.24. The van der Waals surface area contributed by atoms with Gasteiger partial charge in [0.25, 0.3) is 5.56 Å². The topological polar surface area (TPSA) is 56.5 Å². The molecule has 0 saturated heterocycles. The van der Waals surface area contributed by atoms with E-state index >= 15 is 0 Å². The summed E-state index contributed by atoms with van der Waals surface area (Å²) in [7, 11) is 0. The second-order valence-electron chi connectivity index (χ2n) is 7.49. The van der Waals surface area contributed by atoms with Crippen molar-refractivity contribution in [1.82, 2.24) is 9.66 Å². The molecule has 3 aromatic carbocycles. The molecule has 174 valence electrons. The van der Waals surface area contributed by atoms with Gasteiger partial charge >= 0.3 is 0 Å². The number of aromatic nitrogens is 2. The molecule has 1 heterocycles. The highest BCUT2D eigenvalue weighted by molar-refractivity contribution is 9.10. The molecule has 0 amide bonds. The third-order valence-electron chi connectivity index (χ3n) is 5.02. The quantitative estimate of drug-likeness (QED) is 0.213. The van der Waals surface area contributed by atoms with Crippen LogP contribution in [0.25, 0.3) is 10.9 Å². The van der Waals surface area contributed by atoms with Gasteiger partial charge in [-0.25, -0.2) is 4.98 Å². The fraction of sp³-hybridized carbons (Fsp3) is 0.160. The van der Waals surface area contributed by atoms with Crippen LogP contribution in [0.5, 0.6) is 5.75 Å². The van der Waals surface area contributed by atoms with E-state index in [1.54, 1.807) is 24.3 Å². The minimum Gasteiger partial charge on any atom is -0.486 e. The van der Waals surface area contributed by atoms with Crippen LogP contribution in [0.4, 0.5) is 0 Å². The summed E-state index contributed by atoms with van der Waals surface area (Å²) in [4.78, 5) is 17.8. The van der Waals surface area contributed by atoms with Gasteiger partial charge in [-0.2, -0.15) is 9.78 Å². The summed E-state index contributed by atoms with van der Waals surface area (Å²) in [5.74, 6) is 0.928. The molecule has 0 saturated carbocycles. The summed E-state index contributed by atoms with van der Waals surface area (Å²) in [6.07, 6.45) is 2.95. The lowest BCUT2D eigenvalue weighted by molar-refractivity contribution is 0.306. The van der Waals surface area contributed by atoms with Crippen LogP contribution in [0, 0.1) is 0 Å². The van der Waals surface area contributed by atoms with Crippen molar-refractivity contribution in [1.29, 1.82) is 0 Å². The largest absolute Gasteiger partial charge is 0.486 e. The first-order chi connectivity index (χ1) is 16.4. The first-order valence-electron chi connectivity index (χ1n) is 10.5. The number of fused-ring (bicyclic) bond motifs is 1. The Balaban J connectivity index is 1.65. The zero-order valence-corrected chi connectivity index (χ0v) is 21.9. The molecule has 5 nitrogen and oxygen atoms in total. The Bertz CT molecular complexity index is 1430. The normalized spacial score (nSPS) is 11.4. The first kappa shape index (κ1) is 24.7. The predicted octanol–water partition coefficient (Wildman–Crippen LogP) is 7.53. The molecule has 0 spiro atoms. The summed E-state index contributed by atoms with van der Waals surface area (Å²) in [5, 5.41) is 6.14. The van der Waals surface area contributed by atoms with Crippen LogP contribution in [-0.4, -0.2) is 15.9 Å². The summed E-state index contributed by atoms with van der Waals surface area (Å²) < 4.78 is 7.94. The molecule has 0 atom stereocenters. The molecule has 34 heavy (non-hydrogen) atoms. The molecule has 0 N–H and O–H groups in total. The summed E-state index contributed by atoms with van der Waals surface area (Å²) in [6, 6.07) is 16.1. The SMILES string of the molecule is CCCc1nc2ccc(Br)cc2c(=O)n1N=Cc1cc(Cl)c(OCc2ccccc2Cl)c(Cl)c1. The minimum absolute atomic E-state index is 0.223. The predicted molar refractivity (Wildman–Crippen MR) is 143 cm³/mol. The molecule has 0 aliphatic rings. The fourth-order valence-electron chi connectivity index (χ4n) is 3.38. The Morgan fingerprint density at radius 2 is 1.79 bits per heavy atom. The molecule has 0 unspecified atom stereocenters. The molecule has 0 radical (unpaired) electrons. The summed E-state index contributed by atoms with van der Waals surface area (Å²) >= 11 is 22.5. The third-order valence-corrected chi connectivity index (χ3v) is 6.45. The monoisotopic (exact) mass is 577 g/mol. The second kappa shape index (κ2) is 10.9. The molecule has 0 aliphatic carbocycles. The van der Waals surface area contributed by atoms with Crippen LogP contribution in [0.1, 0.15) is 30.3 Å². The maximum atomic E-state index is 13.1. The molecule has 9 heteroatoms. The Kier molecular flexibility index (Phi) is 7.94. The number of ether oxygens (including phenoxy) is 1. The molecule has 0 fully saturated rings. The van der Waals surface area contributed by atoms with Gasteiger partial charge in [-0.3, -0.25) is 4.79 Å². The lowest BCUT2D eigenvalue weighted by Gasteiger charge is -2.12. The van der Waals surface area contributed by atoms with Crippen molar-refractivity contribution in [3.63, 3.8) is 0 Å². The zero-order valence-electron chi connectivity index (χ0n) is 18.1. The van der Waals surface area contributed by atoms with Crippen molar-refractivity contribution in [2.45, 2.75) is 26.4 Å². The zero-order chi connectivity index (χ0) is 24.2. The average molecular weight is 580 g/mol. The smallest absolute Gasteiger partial charge is 0.282 e. The Morgan fingerprint density at radius 3 is 2.50 bits per heavy atom. The number of hydrogen-bond donors (Lipinski definition) is 0. The van der Waals surface area contributed by atoms with Crippen molar-refractivity contribution in [3.8, 4) is 5.75 Å². The van der Waals surface area contributed by atoms with Crippen LogP contribution in [0.3, 0.4) is 0 Å². The lowest BCUT2D eigenvalue weighted by Crippen LogP contribution is -2.22. The molecular formula is C25H19BrCl3N3O2. The Morgan fingerprint density at radius 1 is 1.06 bits per heavy atom. The highest BCUT2D eigenvalue weighted by Gasteiger charge is 2.13. The van der Waals surface area contributed by atoms with E-state index < -0.39 is 0 Å². The minimum atomic E-state index is -0.247. The van der Waals surface area contributed by atoms with E-state index in [0.29, 0.717) is 49.5 Å². The van der Waals surface area contributed by atoms with E-state index in [-0.39, 0.29) is 12.2 Å². The van der Waals surface area contributed by atoms with E-state index in [9.17, 15) is 4.79 Å². The first-order valence-corrected chi connectivity index (χ1v) is 12.4. The van der Waals surface area contributed by atoms with Gasteiger partial charge in [-0.05, 0) is 48.4 Å². The molecule has 1 aromatic heterocycles. The van der Waals surface area contributed by atoms with Crippen molar-refractivity contribution < 1.29 is 4.74 Å². The molecule has 0 aliphatic heterocycles. The second-order valence-corrected chi connectivity index (χ2v) is 9.63. The van der Waals surface area contributed by atoms with Gasteiger partial charge in [-0.1, -0.05) is 75.9 Å². The maximum absolute atomic E-state index is 13.1. The lowest BCUT2D eigenvalue weighted by atomic mass is 10.2. The van der Waals surface area contributed by atoms with E-state index in [1.807, 2.05) is 37.3 Å². The fourth-order valence-corrected chi connectivity index (χ4v) is 4.55. The van der Waals surface area contributed by atoms with Gasteiger partial charge in [-0.15, -0.1) is 0 Å². The van der Waals surface area contributed by atoms with Gasteiger partial charge in [0.15, 0.2) is 5.75 Å². The van der Waals surface area contributed by atoms with Gasteiger partial charge < -0.3 is 4.74 Å². The average Bonchev–Trinajstić information content (AvgIpc) is 2.80. The maximum Gasteiger partial charge on any atom is 0.282 e. The number of nitrogens with zero attached hydrogens (tertiary/aromatic N) is 3. The van der Waals surface area contributed by atoms with Crippen LogP contribution in [-0.2, 0) is 13.0 Å². The van der Waals surface area contributed by atoms with Crippen LogP contribution < -0.4 is 10.3 Å². The van der Waals surface area contributed by atoms with E-state index in [2.05, 4.69) is 26.0 Å². The highest BCUT2D eigenvalue weighted by Crippen LogP contribution is 2.35. The molecule has 0 bridgehead atoms. The Hall–Kier alpha value is -2.38. The van der Waals surface area contributed by atoms with E-state index in [1.165, 1.54) is 10.9 Å². The summed E-state index contributed by atoms with van der Waals surface area (Å²) in [5.41, 5.74) is 1.82. The molecule has 4 rings (SSSR count). The van der Waals surface area contributed by atoms with Crippen molar-refractivity contribution in [2.24, 2.45) is 5.10 Å². The van der Waals surface area contributed by atoms with Gasteiger partial charge in [0.05, 0.1) is 27.2 Å². The number of hydrogen-bond acceptors (Lipinski definition) is 4. The standard InChI is InChI=1S/C25H19BrCl3N3O2/c1-2-5-23-31-22-9-8-17(26)12-18(22)25(33)32(23)30-13-15-10-20(28)24(21(29)11-15)34-14-16-6-3-4-7-19(16)27/h3-4,6-13H,2,5,14H2,1H3. The van der Waals surface area contributed by atoms with Crippen molar-refractivity contribution >= 4 is 67.9 Å². The number of rotatable bonds is 7. The van der Waals surface area contributed by atoms with Gasteiger partial charge in [0.2, 0.25) is 0 Å². The molecular weight excluding hydrogens is 561 g/mol. The van der Waals surface area contributed by atoms with Gasteiger partial charge in [0, 0.05) is 21.5 Å². The Labute approximate surface area is 220 Å². The van der Waals surface area contributed by atoms with Crippen LogP contribution in [0.15, 0.2) is 69.0 Å². The van der Waals surface area contributed by atoms with Gasteiger partial charge in [0.1, 0.15) is 12.4 Å². The number of halogens is 4. The van der Waals surface area contributed by atoms with Crippen LogP contribution >= 0.6 is 50.7 Å². The third kappa shape index (κ3) is 5.47. The molecule has 4 aromatic rings. The van der Waals surface area contributed by atoms with Crippen LogP contribution in [0.2, 0.25) is 15.1 Å². The number of benzene rings is 3. The van der Waals surface area contributed by atoms with E-state index in [0.717, 1.165) is 16.5 Å². The van der Waals surface area contributed by atoms with Crippen molar-refractivity contribution in [3.05, 3.63) is 101 Å². The number of aryl methyl sites for hydroxylation is 1. The van der Waals surface area contributed by atoms with E-state index in [4.69, 9.17) is 39.5 Å². The highest BCUT2D eigenvalue weighted by atomic mass is 79.9. The van der Waals surface area contributed by atoms with Crippen molar-refractivity contribution in [2.75, 3.05) is 0 Å².